The zero-order valence-corrected chi connectivity index (χ0v) is 16.0. The third-order valence-corrected chi connectivity index (χ3v) is 4.80. The first-order valence-electron chi connectivity index (χ1n) is 8.59. The predicted molar refractivity (Wildman–Crippen MR) is 105 cm³/mol. The molecule has 2 fully saturated rings. The van der Waals surface area contributed by atoms with Gasteiger partial charge in [0.2, 0.25) is 5.91 Å². The Hall–Kier alpha value is -1.08. The Bertz CT molecular complexity index is 518. The summed E-state index contributed by atoms with van der Waals surface area (Å²) in [6.07, 6.45) is 7.30. The van der Waals surface area contributed by atoms with Crippen molar-refractivity contribution < 1.29 is 9.53 Å². The van der Waals surface area contributed by atoms with Gasteiger partial charge in [-0.25, -0.2) is 4.98 Å². The first-order valence-corrected chi connectivity index (χ1v) is 8.59. The average Bonchev–Trinajstić information content (AvgIpc) is 2.63. The van der Waals surface area contributed by atoms with Crippen molar-refractivity contribution in [3.63, 3.8) is 0 Å². The lowest BCUT2D eigenvalue weighted by Gasteiger charge is -2.28. The number of carbonyl (C=O) groups excluding carboxylic acids is 1. The molecule has 1 aromatic heterocycles. The molecule has 1 amide bonds. The van der Waals surface area contributed by atoms with Gasteiger partial charge in [0.05, 0.1) is 17.9 Å². The van der Waals surface area contributed by atoms with E-state index >= 15 is 0 Å². The number of nitrogens with one attached hydrogen (secondary N) is 1. The van der Waals surface area contributed by atoms with Crippen LogP contribution in [0.3, 0.4) is 0 Å². The summed E-state index contributed by atoms with van der Waals surface area (Å²) in [7, 11) is 0. The molecule has 0 radical (unpaired) electrons. The Labute approximate surface area is 161 Å². The van der Waals surface area contributed by atoms with E-state index in [9.17, 15) is 4.79 Å². The molecule has 25 heavy (non-hydrogen) atoms. The van der Waals surface area contributed by atoms with Crippen LogP contribution in [0.1, 0.15) is 32.1 Å². The monoisotopic (exact) mass is 390 g/mol. The van der Waals surface area contributed by atoms with E-state index in [1.165, 1.54) is 19.3 Å². The number of nitrogens with zero attached hydrogens (tertiary/aromatic N) is 2. The van der Waals surface area contributed by atoms with Crippen LogP contribution in [0.15, 0.2) is 18.3 Å². The van der Waals surface area contributed by atoms with Gasteiger partial charge in [0.15, 0.2) is 0 Å². The highest BCUT2D eigenvalue weighted by Gasteiger charge is 2.26. The third kappa shape index (κ3) is 5.99. The van der Waals surface area contributed by atoms with Crippen molar-refractivity contribution in [3.8, 4) is 0 Å². The highest BCUT2D eigenvalue weighted by atomic mass is 35.5. The van der Waals surface area contributed by atoms with Crippen LogP contribution in [0.2, 0.25) is 0 Å². The molecule has 6 nitrogen and oxygen atoms in total. The fourth-order valence-electron chi connectivity index (χ4n) is 3.30. The summed E-state index contributed by atoms with van der Waals surface area (Å²) in [6.45, 7) is 3.55. The van der Waals surface area contributed by atoms with Crippen molar-refractivity contribution >= 4 is 42.2 Å². The van der Waals surface area contributed by atoms with Crippen LogP contribution < -0.4 is 16.0 Å². The SMILES string of the molecule is Cl.Cl.NC(C(=O)Nc1ccc(N2CCCCC2)cn1)C1CCOCC1. The number of halogens is 2. The number of rotatable bonds is 4. The largest absolute Gasteiger partial charge is 0.381 e. The Balaban J connectivity index is 0.00000156. The number of hydrogen-bond donors (Lipinski definition) is 2. The average molecular weight is 391 g/mol. The van der Waals surface area contributed by atoms with Crippen molar-refractivity contribution in [2.24, 2.45) is 11.7 Å². The van der Waals surface area contributed by atoms with Gasteiger partial charge >= 0.3 is 0 Å². The number of piperidine rings is 1. The normalized spacial score (nSPS) is 19.3. The predicted octanol–water partition coefficient (Wildman–Crippen LogP) is 2.61. The molecular formula is C17H28Cl2N4O2. The van der Waals surface area contributed by atoms with E-state index in [1.54, 1.807) is 0 Å². The lowest BCUT2D eigenvalue weighted by atomic mass is 9.92. The molecule has 2 aliphatic rings. The number of nitrogens with two attached hydrogens (primary N) is 1. The number of hydrogen-bond acceptors (Lipinski definition) is 5. The van der Waals surface area contributed by atoms with Crippen LogP contribution in [0.5, 0.6) is 0 Å². The van der Waals surface area contributed by atoms with Crippen LogP contribution in [0, 0.1) is 5.92 Å². The first kappa shape index (κ1) is 22.0. The van der Waals surface area contributed by atoms with Crippen molar-refractivity contribution in [2.45, 2.75) is 38.1 Å². The summed E-state index contributed by atoms with van der Waals surface area (Å²) in [4.78, 5) is 19.0. The Kier molecular flexibility index (Phi) is 9.50. The summed E-state index contributed by atoms with van der Waals surface area (Å²) in [6, 6.07) is 3.38. The molecule has 1 atom stereocenters. The number of carbonyl (C=O) groups is 1. The van der Waals surface area contributed by atoms with Gasteiger partial charge in [0.1, 0.15) is 5.82 Å². The Morgan fingerprint density at radius 3 is 2.48 bits per heavy atom. The highest BCUT2D eigenvalue weighted by molar-refractivity contribution is 5.94. The summed E-state index contributed by atoms with van der Waals surface area (Å²) in [5.74, 6) is 0.602. The molecule has 3 rings (SSSR count). The maximum atomic E-state index is 12.3. The van der Waals surface area contributed by atoms with Crippen molar-refractivity contribution in [1.82, 2.24) is 4.98 Å². The van der Waals surface area contributed by atoms with Gasteiger partial charge in [-0.15, -0.1) is 24.8 Å². The zero-order valence-electron chi connectivity index (χ0n) is 14.4. The fourth-order valence-corrected chi connectivity index (χ4v) is 3.30. The number of anilines is 2. The lowest BCUT2D eigenvalue weighted by Crippen LogP contribution is -2.44. The molecule has 0 saturated carbocycles. The first-order chi connectivity index (χ1) is 11.2. The minimum atomic E-state index is -0.498. The van der Waals surface area contributed by atoms with E-state index in [0.717, 1.165) is 31.6 Å². The standard InChI is InChI=1S/C17H26N4O2.2ClH/c18-16(13-6-10-23-11-7-13)17(22)20-15-5-4-14(12-19-15)21-8-2-1-3-9-21;;/h4-5,12-13,16H,1-3,6-11,18H2,(H,19,20,22);2*1H. The van der Waals surface area contributed by atoms with Crippen LogP contribution in [-0.4, -0.2) is 43.2 Å². The number of aromatic nitrogens is 1. The third-order valence-electron chi connectivity index (χ3n) is 4.80. The molecule has 3 N–H and O–H groups in total. The molecule has 1 unspecified atom stereocenters. The Morgan fingerprint density at radius 2 is 1.88 bits per heavy atom. The second-order valence-corrected chi connectivity index (χ2v) is 6.41. The van der Waals surface area contributed by atoms with Crippen LogP contribution in [0.25, 0.3) is 0 Å². The highest BCUT2D eigenvalue weighted by Crippen LogP contribution is 2.21. The van der Waals surface area contributed by atoms with Gasteiger partial charge in [-0.3, -0.25) is 4.79 Å². The van der Waals surface area contributed by atoms with E-state index in [0.29, 0.717) is 19.0 Å². The molecule has 1 aromatic rings. The van der Waals surface area contributed by atoms with Gasteiger partial charge in [0, 0.05) is 26.3 Å². The molecule has 8 heteroatoms. The summed E-state index contributed by atoms with van der Waals surface area (Å²) in [5.41, 5.74) is 7.20. The molecule has 142 valence electrons. The van der Waals surface area contributed by atoms with Gasteiger partial charge in [-0.05, 0) is 50.2 Å². The van der Waals surface area contributed by atoms with Gasteiger partial charge in [-0.2, -0.15) is 0 Å². The molecule has 2 saturated heterocycles. The molecular weight excluding hydrogens is 363 g/mol. The molecule has 0 aromatic carbocycles. The summed E-state index contributed by atoms with van der Waals surface area (Å²) in [5, 5.41) is 2.83. The number of amides is 1. The molecule has 0 aliphatic carbocycles. The fraction of sp³-hybridized carbons (Fsp3) is 0.647. The van der Waals surface area contributed by atoms with Gasteiger partial charge < -0.3 is 20.7 Å². The minimum absolute atomic E-state index is 0. The van der Waals surface area contributed by atoms with Crippen LogP contribution in [0.4, 0.5) is 11.5 Å². The number of pyridine rings is 1. The van der Waals surface area contributed by atoms with Crippen molar-refractivity contribution in [1.29, 1.82) is 0 Å². The second kappa shape index (κ2) is 10.8. The molecule has 2 aliphatic heterocycles. The minimum Gasteiger partial charge on any atom is -0.381 e. The zero-order chi connectivity index (χ0) is 16.1. The van der Waals surface area contributed by atoms with Crippen molar-refractivity contribution in [3.05, 3.63) is 18.3 Å². The lowest BCUT2D eigenvalue weighted by molar-refractivity contribution is -0.119. The van der Waals surface area contributed by atoms with Gasteiger partial charge in [-0.1, -0.05) is 0 Å². The van der Waals surface area contributed by atoms with Crippen molar-refractivity contribution in [2.75, 3.05) is 36.5 Å². The second-order valence-electron chi connectivity index (χ2n) is 6.41. The molecule has 3 heterocycles. The van der Waals surface area contributed by atoms with Crippen LogP contribution in [-0.2, 0) is 9.53 Å². The number of ether oxygens (including phenoxy) is 1. The maximum absolute atomic E-state index is 12.3. The quantitative estimate of drug-likeness (QED) is 0.825. The summed E-state index contributed by atoms with van der Waals surface area (Å²) < 4.78 is 5.31. The molecule has 0 bridgehead atoms. The van der Waals surface area contributed by atoms with E-state index in [-0.39, 0.29) is 36.6 Å². The van der Waals surface area contributed by atoms with E-state index in [2.05, 4.69) is 15.2 Å². The topological polar surface area (TPSA) is 80.5 Å². The van der Waals surface area contributed by atoms with Gasteiger partial charge in [0.25, 0.3) is 0 Å². The maximum Gasteiger partial charge on any atom is 0.242 e. The molecule has 0 spiro atoms. The smallest absolute Gasteiger partial charge is 0.242 e. The Morgan fingerprint density at radius 1 is 1.20 bits per heavy atom. The summed E-state index contributed by atoms with van der Waals surface area (Å²) >= 11 is 0. The van der Waals surface area contributed by atoms with E-state index < -0.39 is 6.04 Å². The van der Waals surface area contributed by atoms with Crippen LogP contribution >= 0.6 is 24.8 Å². The van der Waals surface area contributed by atoms with E-state index in [1.807, 2.05) is 18.3 Å². The van der Waals surface area contributed by atoms with E-state index in [4.69, 9.17) is 10.5 Å².